The Bertz CT molecular complexity index is 339. The minimum Gasteiger partial charge on any atom is -0.299 e. The van der Waals surface area contributed by atoms with Crippen molar-refractivity contribution in [3.63, 3.8) is 0 Å². The molecule has 2 atom stereocenters. The zero-order valence-corrected chi connectivity index (χ0v) is 11.1. The van der Waals surface area contributed by atoms with E-state index in [4.69, 9.17) is 0 Å². The van der Waals surface area contributed by atoms with Crippen molar-refractivity contribution in [3.05, 3.63) is 12.2 Å². The molecule has 0 aromatic carbocycles. The maximum Gasteiger partial charge on any atom is 0.143 e. The third kappa shape index (κ3) is 1.20. The van der Waals surface area contributed by atoms with Gasteiger partial charge in [-0.05, 0) is 23.7 Å². The first-order valence-electron chi connectivity index (χ1n) is 6.63. The fourth-order valence-corrected chi connectivity index (χ4v) is 3.68. The summed E-state index contributed by atoms with van der Waals surface area (Å²) in [5, 5.41) is 0. The van der Waals surface area contributed by atoms with Crippen LogP contribution in [-0.4, -0.2) is 5.78 Å². The summed E-state index contributed by atoms with van der Waals surface area (Å²) in [6, 6.07) is 0. The SMILES string of the molecule is CCCCC12C=CC(C)(CCC1=O)C2(C)C. The highest BCUT2D eigenvalue weighted by Crippen LogP contribution is 2.65. The van der Waals surface area contributed by atoms with Crippen molar-refractivity contribution >= 4 is 5.78 Å². The molecule has 0 spiro atoms. The molecule has 0 aliphatic heterocycles. The smallest absolute Gasteiger partial charge is 0.143 e. The van der Waals surface area contributed by atoms with Crippen molar-refractivity contribution in [1.29, 1.82) is 0 Å². The average Bonchev–Trinajstić information content (AvgIpc) is 2.36. The predicted molar refractivity (Wildman–Crippen MR) is 67.2 cm³/mol. The standard InChI is InChI=1S/C15H24O/c1-5-6-8-15-11-10-14(4,13(15,2)3)9-7-12(15)16/h10-11H,5-9H2,1-4H3. The number of carbonyl (C=O) groups is 1. The van der Waals surface area contributed by atoms with Gasteiger partial charge in [-0.3, -0.25) is 4.79 Å². The molecular weight excluding hydrogens is 196 g/mol. The van der Waals surface area contributed by atoms with Crippen LogP contribution in [0.4, 0.5) is 0 Å². The third-order valence-corrected chi connectivity index (χ3v) is 5.57. The Kier molecular flexibility index (Phi) is 2.56. The van der Waals surface area contributed by atoms with Crippen LogP contribution in [0, 0.1) is 16.2 Å². The second-order valence-corrected chi connectivity index (χ2v) is 6.37. The van der Waals surface area contributed by atoms with Crippen molar-refractivity contribution in [2.45, 2.75) is 59.8 Å². The van der Waals surface area contributed by atoms with E-state index in [1.165, 1.54) is 6.42 Å². The van der Waals surface area contributed by atoms with E-state index < -0.39 is 0 Å². The van der Waals surface area contributed by atoms with Gasteiger partial charge >= 0.3 is 0 Å². The highest BCUT2D eigenvalue weighted by molar-refractivity contribution is 5.90. The molecule has 2 aliphatic rings. The van der Waals surface area contributed by atoms with Gasteiger partial charge in [0, 0.05) is 6.42 Å². The molecule has 2 bridgehead atoms. The second-order valence-electron chi connectivity index (χ2n) is 6.37. The quantitative estimate of drug-likeness (QED) is 0.654. The van der Waals surface area contributed by atoms with Gasteiger partial charge in [0.05, 0.1) is 5.41 Å². The van der Waals surface area contributed by atoms with Crippen LogP contribution >= 0.6 is 0 Å². The molecule has 2 rings (SSSR count). The van der Waals surface area contributed by atoms with E-state index in [9.17, 15) is 4.79 Å². The maximum absolute atomic E-state index is 12.4. The largest absolute Gasteiger partial charge is 0.299 e. The van der Waals surface area contributed by atoms with Crippen molar-refractivity contribution in [3.8, 4) is 0 Å². The van der Waals surface area contributed by atoms with Crippen LogP contribution in [0.1, 0.15) is 59.8 Å². The molecule has 0 heterocycles. The van der Waals surface area contributed by atoms with Crippen LogP contribution in [0.25, 0.3) is 0 Å². The van der Waals surface area contributed by atoms with Crippen LogP contribution in [-0.2, 0) is 4.79 Å². The Morgan fingerprint density at radius 2 is 1.94 bits per heavy atom. The molecular formula is C15H24O. The van der Waals surface area contributed by atoms with E-state index >= 15 is 0 Å². The first kappa shape index (κ1) is 11.9. The number of carbonyl (C=O) groups excluding carboxylic acids is 1. The minimum absolute atomic E-state index is 0.102. The zero-order valence-electron chi connectivity index (χ0n) is 11.1. The Hall–Kier alpha value is -0.590. The summed E-state index contributed by atoms with van der Waals surface area (Å²) in [4.78, 5) is 12.4. The lowest BCUT2D eigenvalue weighted by Gasteiger charge is -2.52. The maximum atomic E-state index is 12.4. The fraction of sp³-hybridized carbons (Fsp3) is 0.800. The number of unbranched alkanes of at least 4 members (excludes halogenated alkanes) is 1. The fourth-order valence-electron chi connectivity index (χ4n) is 3.68. The molecule has 1 saturated carbocycles. The molecule has 1 heteroatoms. The normalized spacial score (nSPS) is 40.4. The summed E-state index contributed by atoms with van der Waals surface area (Å²) in [5.41, 5.74) is 0.176. The summed E-state index contributed by atoms with van der Waals surface area (Å²) >= 11 is 0. The Labute approximate surface area is 99.3 Å². The molecule has 0 radical (unpaired) electrons. The molecule has 0 amide bonds. The van der Waals surface area contributed by atoms with Crippen molar-refractivity contribution in [2.75, 3.05) is 0 Å². The first-order valence-corrected chi connectivity index (χ1v) is 6.63. The molecule has 0 aromatic heterocycles. The van der Waals surface area contributed by atoms with Crippen molar-refractivity contribution in [2.24, 2.45) is 16.2 Å². The van der Waals surface area contributed by atoms with Gasteiger partial charge in [0.15, 0.2) is 0 Å². The number of ketones is 1. The van der Waals surface area contributed by atoms with Crippen LogP contribution in [0.2, 0.25) is 0 Å². The van der Waals surface area contributed by atoms with Gasteiger partial charge in [-0.2, -0.15) is 0 Å². The molecule has 2 aliphatic carbocycles. The van der Waals surface area contributed by atoms with Gasteiger partial charge in [-0.25, -0.2) is 0 Å². The van der Waals surface area contributed by atoms with E-state index in [1.807, 2.05) is 0 Å². The number of fused-ring (bicyclic) bond motifs is 2. The number of hydrogen-bond acceptors (Lipinski definition) is 1. The highest BCUT2D eigenvalue weighted by Gasteiger charge is 2.62. The van der Waals surface area contributed by atoms with Gasteiger partial charge in [0.25, 0.3) is 0 Å². The van der Waals surface area contributed by atoms with E-state index in [0.717, 1.165) is 25.7 Å². The summed E-state index contributed by atoms with van der Waals surface area (Å²) in [5.74, 6) is 0.483. The minimum atomic E-state index is -0.157. The molecule has 0 saturated heterocycles. The van der Waals surface area contributed by atoms with Crippen molar-refractivity contribution < 1.29 is 4.79 Å². The number of hydrogen-bond donors (Lipinski definition) is 0. The lowest BCUT2D eigenvalue weighted by molar-refractivity contribution is -0.142. The lowest BCUT2D eigenvalue weighted by Crippen LogP contribution is -2.51. The first-order chi connectivity index (χ1) is 7.40. The van der Waals surface area contributed by atoms with Crippen LogP contribution < -0.4 is 0 Å². The monoisotopic (exact) mass is 220 g/mol. The average molecular weight is 220 g/mol. The number of allylic oxidation sites excluding steroid dienone is 2. The molecule has 2 unspecified atom stereocenters. The Balaban J connectivity index is 2.40. The van der Waals surface area contributed by atoms with Gasteiger partial charge < -0.3 is 0 Å². The van der Waals surface area contributed by atoms with Crippen LogP contribution in [0.5, 0.6) is 0 Å². The van der Waals surface area contributed by atoms with E-state index in [2.05, 4.69) is 39.8 Å². The van der Waals surface area contributed by atoms with Crippen molar-refractivity contribution in [1.82, 2.24) is 0 Å². The Morgan fingerprint density at radius 3 is 2.56 bits per heavy atom. The topological polar surface area (TPSA) is 17.1 Å². The number of Topliss-reactive ketones (excluding diaryl/α,β-unsaturated/α-hetero) is 1. The summed E-state index contributed by atoms with van der Waals surface area (Å²) in [6.45, 7) is 9.11. The van der Waals surface area contributed by atoms with E-state index in [1.54, 1.807) is 0 Å². The molecule has 1 fully saturated rings. The lowest BCUT2D eigenvalue weighted by atomic mass is 9.50. The molecule has 0 N–H and O–H groups in total. The van der Waals surface area contributed by atoms with Gasteiger partial charge in [-0.1, -0.05) is 52.7 Å². The molecule has 0 aromatic rings. The molecule has 90 valence electrons. The van der Waals surface area contributed by atoms with E-state index in [-0.39, 0.29) is 16.2 Å². The third-order valence-electron chi connectivity index (χ3n) is 5.57. The zero-order chi connectivity index (χ0) is 12.0. The summed E-state index contributed by atoms with van der Waals surface area (Å²) in [7, 11) is 0. The van der Waals surface area contributed by atoms with Gasteiger partial charge in [-0.15, -0.1) is 0 Å². The van der Waals surface area contributed by atoms with Gasteiger partial charge in [0.2, 0.25) is 0 Å². The predicted octanol–water partition coefficient (Wildman–Crippen LogP) is 4.13. The van der Waals surface area contributed by atoms with E-state index in [0.29, 0.717) is 5.78 Å². The highest BCUT2D eigenvalue weighted by atomic mass is 16.1. The summed E-state index contributed by atoms with van der Waals surface area (Å²) in [6.07, 6.45) is 9.76. The molecule has 16 heavy (non-hydrogen) atoms. The number of rotatable bonds is 3. The summed E-state index contributed by atoms with van der Waals surface area (Å²) < 4.78 is 0. The van der Waals surface area contributed by atoms with Crippen LogP contribution in [0.15, 0.2) is 12.2 Å². The second kappa shape index (κ2) is 3.45. The van der Waals surface area contributed by atoms with Gasteiger partial charge in [0.1, 0.15) is 5.78 Å². The Morgan fingerprint density at radius 1 is 1.25 bits per heavy atom. The molecule has 1 nitrogen and oxygen atoms in total. The van der Waals surface area contributed by atoms with Crippen LogP contribution in [0.3, 0.4) is 0 Å².